The summed E-state index contributed by atoms with van der Waals surface area (Å²) in [6, 6.07) is 14.0. The first-order valence-electron chi connectivity index (χ1n) is 9.67. The van der Waals surface area contributed by atoms with E-state index in [9.17, 15) is 18.0 Å². The number of pyridine rings is 1. The zero-order valence-electron chi connectivity index (χ0n) is 16.6. The van der Waals surface area contributed by atoms with Gasteiger partial charge < -0.3 is 14.8 Å². The summed E-state index contributed by atoms with van der Waals surface area (Å²) in [5, 5.41) is 2.62. The summed E-state index contributed by atoms with van der Waals surface area (Å²) >= 11 is 0. The normalized spacial score (nSPS) is 15.5. The molecule has 1 atom stereocenters. The highest BCUT2D eigenvalue weighted by Crippen LogP contribution is 2.41. The second-order valence-corrected chi connectivity index (χ2v) is 7.17. The van der Waals surface area contributed by atoms with Gasteiger partial charge >= 0.3 is 6.18 Å². The molecule has 160 valence electrons. The number of halogens is 3. The van der Waals surface area contributed by atoms with Crippen molar-refractivity contribution in [2.75, 3.05) is 5.32 Å². The molecule has 3 aromatic rings. The van der Waals surface area contributed by atoms with E-state index in [-0.39, 0.29) is 11.5 Å². The maximum atomic E-state index is 13.3. The molecule has 0 radical (unpaired) electrons. The molecule has 0 bridgehead atoms. The summed E-state index contributed by atoms with van der Waals surface area (Å²) in [6.07, 6.45) is -2.63. The van der Waals surface area contributed by atoms with Crippen LogP contribution in [-0.4, -0.2) is 10.9 Å². The fourth-order valence-electron chi connectivity index (χ4n) is 3.52. The van der Waals surface area contributed by atoms with Crippen molar-refractivity contribution in [3.8, 4) is 17.4 Å². The lowest BCUT2D eigenvalue weighted by Gasteiger charge is -2.28. The number of ether oxygens (including phenoxy) is 2. The van der Waals surface area contributed by atoms with E-state index in [1.165, 1.54) is 25.3 Å². The number of carbonyl (C=O) groups is 1. The standard InChI is InChI=1S/C23H19F3N2O3/c1-14(29)28-16-7-11-22(27-13-16)30-17-8-10-20-15(12-17)6-9-21(31-20)18-4-2-3-5-19(18)23(24,25)26/h2-5,7-8,10-13,21H,6,9H2,1H3,(H,28,29). The minimum Gasteiger partial charge on any atom is -0.485 e. The molecule has 1 amide bonds. The number of nitrogens with zero attached hydrogens (tertiary/aromatic N) is 1. The van der Waals surface area contributed by atoms with Crippen molar-refractivity contribution in [3.63, 3.8) is 0 Å². The van der Waals surface area contributed by atoms with Crippen molar-refractivity contribution in [1.82, 2.24) is 4.98 Å². The van der Waals surface area contributed by atoms with Crippen LogP contribution in [0.25, 0.3) is 0 Å². The Balaban J connectivity index is 1.49. The molecule has 5 nitrogen and oxygen atoms in total. The van der Waals surface area contributed by atoms with Crippen molar-refractivity contribution < 1.29 is 27.4 Å². The molecule has 0 aliphatic carbocycles. The van der Waals surface area contributed by atoms with Gasteiger partial charge in [0.1, 0.15) is 17.6 Å². The van der Waals surface area contributed by atoms with E-state index in [2.05, 4.69) is 10.3 Å². The van der Waals surface area contributed by atoms with Crippen molar-refractivity contribution in [3.05, 3.63) is 77.5 Å². The Morgan fingerprint density at radius 2 is 1.97 bits per heavy atom. The predicted octanol–water partition coefficient (Wildman–Crippen LogP) is 5.92. The molecule has 0 fully saturated rings. The van der Waals surface area contributed by atoms with Crippen molar-refractivity contribution >= 4 is 11.6 Å². The molecule has 1 unspecified atom stereocenters. The Bertz CT molecular complexity index is 1100. The lowest BCUT2D eigenvalue weighted by molar-refractivity contribution is -0.139. The molecule has 2 heterocycles. The van der Waals surface area contributed by atoms with E-state index >= 15 is 0 Å². The van der Waals surface area contributed by atoms with Crippen LogP contribution in [0, 0.1) is 0 Å². The molecular formula is C23H19F3N2O3. The monoisotopic (exact) mass is 428 g/mol. The molecule has 0 saturated heterocycles. The molecule has 4 rings (SSSR count). The first kappa shape index (κ1) is 20.7. The zero-order chi connectivity index (χ0) is 22.0. The number of alkyl halides is 3. The molecule has 8 heteroatoms. The highest BCUT2D eigenvalue weighted by atomic mass is 19.4. The summed E-state index contributed by atoms with van der Waals surface area (Å²) in [5.41, 5.74) is 0.888. The van der Waals surface area contributed by atoms with Gasteiger partial charge in [0.15, 0.2) is 0 Å². The number of aryl methyl sites for hydroxylation is 1. The zero-order valence-corrected chi connectivity index (χ0v) is 16.6. The third kappa shape index (κ3) is 4.79. The second-order valence-electron chi connectivity index (χ2n) is 7.17. The van der Waals surface area contributed by atoms with Crippen LogP contribution in [0.5, 0.6) is 17.4 Å². The summed E-state index contributed by atoms with van der Waals surface area (Å²) in [6.45, 7) is 1.41. The maximum absolute atomic E-state index is 13.3. The molecular weight excluding hydrogens is 409 g/mol. The number of benzene rings is 2. The van der Waals surface area contributed by atoms with Gasteiger partial charge in [-0.05, 0) is 48.7 Å². The number of hydrogen-bond acceptors (Lipinski definition) is 4. The number of anilines is 1. The van der Waals surface area contributed by atoms with Crippen LogP contribution in [-0.2, 0) is 17.4 Å². The smallest absolute Gasteiger partial charge is 0.416 e. The van der Waals surface area contributed by atoms with E-state index in [4.69, 9.17) is 9.47 Å². The van der Waals surface area contributed by atoms with Crippen molar-refractivity contribution in [2.45, 2.75) is 32.0 Å². The van der Waals surface area contributed by atoms with Gasteiger partial charge in [-0.15, -0.1) is 0 Å². The van der Waals surface area contributed by atoms with E-state index in [0.29, 0.717) is 35.9 Å². The van der Waals surface area contributed by atoms with E-state index < -0.39 is 17.8 Å². The van der Waals surface area contributed by atoms with Crippen LogP contribution >= 0.6 is 0 Å². The topological polar surface area (TPSA) is 60.5 Å². The van der Waals surface area contributed by atoms with Gasteiger partial charge in [0.2, 0.25) is 11.8 Å². The molecule has 0 saturated carbocycles. The van der Waals surface area contributed by atoms with Gasteiger partial charge in [-0.3, -0.25) is 4.79 Å². The summed E-state index contributed by atoms with van der Waals surface area (Å²) in [4.78, 5) is 15.2. The minimum absolute atomic E-state index is 0.143. The number of carbonyl (C=O) groups excluding carboxylic acids is 1. The SMILES string of the molecule is CC(=O)Nc1ccc(Oc2ccc3c(c2)CCC(c2ccccc2C(F)(F)F)O3)nc1. The minimum atomic E-state index is -4.43. The van der Waals surface area contributed by atoms with Gasteiger partial charge in [0.25, 0.3) is 0 Å². The lowest BCUT2D eigenvalue weighted by atomic mass is 9.94. The number of hydrogen-bond donors (Lipinski definition) is 1. The van der Waals surface area contributed by atoms with E-state index in [1.54, 1.807) is 36.4 Å². The van der Waals surface area contributed by atoms with Crippen LogP contribution in [0.3, 0.4) is 0 Å². The van der Waals surface area contributed by atoms with Gasteiger partial charge in [0.05, 0.1) is 17.4 Å². The Hall–Kier alpha value is -3.55. The lowest BCUT2D eigenvalue weighted by Crippen LogP contribution is -2.19. The largest absolute Gasteiger partial charge is 0.485 e. The highest BCUT2D eigenvalue weighted by Gasteiger charge is 2.36. The average Bonchev–Trinajstić information content (AvgIpc) is 2.74. The van der Waals surface area contributed by atoms with Crippen molar-refractivity contribution in [2.24, 2.45) is 0 Å². The Kier molecular flexibility index (Phi) is 5.54. The van der Waals surface area contributed by atoms with Crippen molar-refractivity contribution in [1.29, 1.82) is 0 Å². The fourth-order valence-corrected chi connectivity index (χ4v) is 3.52. The van der Waals surface area contributed by atoms with Crippen LogP contribution in [0.4, 0.5) is 18.9 Å². The van der Waals surface area contributed by atoms with Crippen LogP contribution < -0.4 is 14.8 Å². The Morgan fingerprint density at radius 1 is 1.16 bits per heavy atom. The van der Waals surface area contributed by atoms with Crippen LogP contribution in [0.1, 0.15) is 36.1 Å². The molecule has 1 aliphatic rings. The molecule has 1 N–H and O–H groups in total. The summed E-state index contributed by atoms with van der Waals surface area (Å²) < 4.78 is 51.7. The number of amides is 1. The third-order valence-electron chi connectivity index (χ3n) is 4.87. The number of rotatable bonds is 4. The van der Waals surface area contributed by atoms with Gasteiger partial charge in [-0.2, -0.15) is 13.2 Å². The van der Waals surface area contributed by atoms with E-state index in [0.717, 1.165) is 11.6 Å². The quantitative estimate of drug-likeness (QED) is 0.561. The van der Waals surface area contributed by atoms with Crippen LogP contribution in [0.2, 0.25) is 0 Å². The molecule has 31 heavy (non-hydrogen) atoms. The predicted molar refractivity (Wildman–Crippen MR) is 108 cm³/mol. The van der Waals surface area contributed by atoms with Gasteiger partial charge in [0, 0.05) is 18.6 Å². The molecule has 0 spiro atoms. The van der Waals surface area contributed by atoms with Gasteiger partial charge in [-0.1, -0.05) is 18.2 Å². The second kappa shape index (κ2) is 8.29. The van der Waals surface area contributed by atoms with Gasteiger partial charge in [-0.25, -0.2) is 4.98 Å². The Morgan fingerprint density at radius 3 is 2.68 bits per heavy atom. The first-order valence-corrected chi connectivity index (χ1v) is 9.67. The number of fused-ring (bicyclic) bond motifs is 1. The fraction of sp³-hybridized carbons (Fsp3) is 0.217. The average molecular weight is 428 g/mol. The Labute approximate surface area is 176 Å². The third-order valence-corrected chi connectivity index (χ3v) is 4.87. The summed E-state index contributed by atoms with van der Waals surface area (Å²) in [7, 11) is 0. The summed E-state index contributed by atoms with van der Waals surface area (Å²) in [5.74, 6) is 1.23. The number of nitrogens with one attached hydrogen (secondary N) is 1. The van der Waals surface area contributed by atoms with Crippen LogP contribution in [0.15, 0.2) is 60.8 Å². The first-order chi connectivity index (χ1) is 14.8. The molecule has 1 aromatic heterocycles. The molecule has 2 aromatic carbocycles. The number of aromatic nitrogens is 1. The highest BCUT2D eigenvalue weighted by molar-refractivity contribution is 5.88. The van der Waals surface area contributed by atoms with E-state index in [1.807, 2.05) is 0 Å². The molecule has 1 aliphatic heterocycles. The maximum Gasteiger partial charge on any atom is 0.416 e.